The minimum atomic E-state index is -4.89. The normalized spacial score (nSPS) is 14.2. The van der Waals surface area contributed by atoms with E-state index in [1.807, 2.05) is 0 Å². The van der Waals surface area contributed by atoms with Gasteiger partial charge >= 0.3 is 6.18 Å². The number of alkyl halides is 3. The van der Waals surface area contributed by atoms with Crippen molar-refractivity contribution in [1.29, 1.82) is 5.26 Å². The number of nitrogens with one attached hydrogen (secondary N) is 1. The largest absolute Gasteiger partial charge is 0.418 e. The van der Waals surface area contributed by atoms with Gasteiger partial charge in [0.05, 0.1) is 23.1 Å². The van der Waals surface area contributed by atoms with Crippen molar-refractivity contribution in [1.82, 2.24) is 0 Å². The topological polar surface area (TPSA) is 99.2 Å². The van der Waals surface area contributed by atoms with Crippen molar-refractivity contribution >= 4 is 11.4 Å². The molecule has 1 aromatic carbocycles. The zero-order valence-electron chi connectivity index (χ0n) is 10.2. The van der Waals surface area contributed by atoms with Gasteiger partial charge in [0.1, 0.15) is 5.69 Å². The second-order valence-electron chi connectivity index (χ2n) is 4.23. The summed E-state index contributed by atoms with van der Waals surface area (Å²) in [4.78, 5) is 9.94. The van der Waals surface area contributed by atoms with E-state index in [2.05, 4.69) is 5.32 Å². The number of aliphatic hydroxyl groups is 1. The van der Waals surface area contributed by atoms with E-state index in [1.165, 1.54) is 6.07 Å². The van der Waals surface area contributed by atoms with Crippen molar-refractivity contribution in [2.45, 2.75) is 18.7 Å². The third kappa shape index (κ3) is 3.36. The summed E-state index contributed by atoms with van der Waals surface area (Å²) in [7, 11) is 0. The molecule has 0 aliphatic rings. The van der Waals surface area contributed by atoms with Crippen LogP contribution in [0.3, 0.4) is 0 Å². The molecule has 20 heavy (non-hydrogen) atoms. The third-order valence-electron chi connectivity index (χ3n) is 2.56. The molecule has 1 aromatic rings. The Bertz CT molecular complexity index is 564. The highest BCUT2D eigenvalue weighted by atomic mass is 19.4. The van der Waals surface area contributed by atoms with Crippen molar-refractivity contribution < 1.29 is 23.2 Å². The van der Waals surface area contributed by atoms with Crippen LogP contribution in [0, 0.1) is 21.4 Å². The highest BCUT2D eigenvalue weighted by Gasteiger charge is 2.49. The number of hydrogen-bond donors (Lipinski definition) is 2. The molecule has 0 amide bonds. The molecule has 0 unspecified atom stereocenters. The Morgan fingerprint density at radius 3 is 2.55 bits per heavy atom. The van der Waals surface area contributed by atoms with Crippen molar-refractivity contribution in [3.05, 3.63) is 33.9 Å². The maximum absolute atomic E-state index is 12.5. The monoisotopic (exact) mass is 289 g/mol. The van der Waals surface area contributed by atoms with Crippen LogP contribution in [-0.4, -0.2) is 28.4 Å². The van der Waals surface area contributed by atoms with Gasteiger partial charge in [0.15, 0.2) is 5.60 Å². The van der Waals surface area contributed by atoms with E-state index >= 15 is 0 Å². The van der Waals surface area contributed by atoms with Crippen molar-refractivity contribution in [3.8, 4) is 6.07 Å². The van der Waals surface area contributed by atoms with E-state index < -0.39 is 28.9 Å². The van der Waals surface area contributed by atoms with Gasteiger partial charge in [-0.2, -0.15) is 18.4 Å². The fraction of sp³-hybridized carbons (Fsp3) is 0.364. The molecule has 0 heterocycles. The van der Waals surface area contributed by atoms with E-state index in [0.29, 0.717) is 6.92 Å². The first-order valence-electron chi connectivity index (χ1n) is 5.30. The van der Waals surface area contributed by atoms with Crippen LogP contribution in [0.4, 0.5) is 24.5 Å². The maximum Gasteiger partial charge on any atom is 0.418 e. The average Bonchev–Trinajstić information content (AvgIpc) is 2.34. The Labute approximate surface area is 111 Å². The molecule has 2 N–H and O–H groups in total. The number of nitrogens with zero attached hydrogens (tertiary/aromatic N) is 2. The molecule has 6 nitrogen and oxygen atoms in total. The Balaban J connectivity index is 3.03. The quantitative estimate of drug-likeness (QED) is 0.653. The Hall–Kier alpha value is -2.34. The predicted octanol–water partition coefficient (Wildman–Crippen LogP) is 2.19. The first-order chi connectivity index (χ1) is 9.08. The lowest BCUT2D eigenvalue weighted by atomic mass is 10.1. The van der Waals surface area contributed by atoms with Crippen LogP contribution in [0.1, 0.15) is 12.5 Å². The van der Waals surface area contributed by atoms with Gasteiger partial charge in [0, 0.05) is 6.07 Å². The molecule has 9 heteroatoms. The fourth-order valence-corrected chi connectivity index (χ4v) is 1.27. The predicted molar refractivity (Wildman–Crippen MR) is 63.0 cm³/mol. The maximum atomic E-state index is 12.5. The zero-order valence-corrected chi connectivity index (χ0v) is 10.2. The second kappa shape index (κ2) is 5.34. The number of benzene rings is 1. The summed E-state index contributed by atoms with van der Waals surface area (Å²) >= 11 is 0. The molecule has 0 radical (unpaired) electrons. The molecular formula is C11H10F3N3O3. The summed E-state index contributed by atoms with van der Waals surface area (Å²) in [5, 5.41) is 30.8. The molecule has 0 aliphatic heterocycles. The van der Waals surface area contributed by atoms with Crippen LogP contribution >= 0.6 is 0 Å². The molecule has 1 atom stereocenters. The van der Waals surface area contributed by atoms with Gasteiger partial charge in [-0.3, -0.25) is 10.1 Å². The van der Waals surface area contributed by atoms with Crippen molar-refractivity contribution in [2.24, 2.45) is 0 Å². The lowest BCUT2D eigenvalue weighted by molar-refractivity contribution is -0.384. The number of anilines is 1. The van der Waals surface area contributed by atoms with Gasteiger partial charge < -0.3 is 10.4 Å². The van der Waals surface area contributed by atoms with Gasteiger partial charge in [-0.25, -0.2) is 0 Å². The summed E-state index contributed by atoms with van der Waals surface area (Å²) in [6, 6.07) is 4.93. The molecule has 0 aromatic heterocycles. The minimum absolute atomic E-state index is 0.0461. The van der Waals surface area contributed by atoms with Gasteiger partial charge in [-0.15, -0.1) is 0 Å². The first kappa shape index (κ1) is 15.7. The molecule has 0 bridgehead atoms. The smallest absolute Gasteiger partial charge is 0.379 e. The summed E-state index contributed by atoms with van der Waals surface area (Å²) in [5.41, 5.74) is -3.76. The zero-order chi connectivity index (χ0) is 15.6. The highest BCUT2D eigenvalue weighted by molar-refractivity contribution is 5.64. The average molecular weight is 289 g/mol. The number of nitro groups is 1. The fourth-order valence-electron chi connectivity index (χ4n) is 1.27. The van der Waals surface area contributed by atoms with Gasteiger partial charge in [-0.1, -0.05) is 0 Å². The summed E-state index contributed by atoms with van der Waals surface area (Å²) in [6.45, 7) is -0.438. The highest BCUT2D eigenvalue weighted by Crippen LogP contribution is 2.32. The SMILES string of the molecule is C[C@](O)(CNc1cc(C#N)ccc1[N+](=O)[O-])C(F)(F)F. The molecule has 0 fully saturated rings. The van der Waals surface area contributed by atoms with E-state index in [4.69, 9.17) is 5.26 Å². The van der Waals surface area contributed by atoms with Crippen LogP contribution < -0.4 is 5.32 Å². The molecule has 0 spiro atoms. The molecule has 0 saturated carbocycles. The van der Waals surface area contributed by atoms with Gasteiger partial charge in [0.25, 0.3) is 5.69 Å². The van der Waals surface area contributed by atoms with Crippen molar-refractivity contribution in [2.75, 3.05) is 11.9 Å². The van der Waals surface area contributed by atoms with E-state index in [9.17, 15) is 28.4 Å². The Morgan fingerprint density at radius 1 is 1.50 bits per heavy atom. The summed E-state index contributed by atoms with van der Waals surface area (Å²) < 4.78 is 37.4. The van der Waals surface area contributed by atoms with E-state index in [1.54, 1.807) is 6.07 Å². The minimum Gasteiger partial charge on any atom is -0.379 e. The van der Waals surface area contributed by atoms with Gasteiger partial charge in [-0.05, 0) is 19.1 Å². The van der Waals surface area contributed by atoms with Crippen LogP contribution in [-0.2, 0) is 0 Å². The van der Waals surface area contributed by atoms with Crippen LogP contribution in [0.5, 0.6) is 0 Å². The summed E-state index contributed by atoms with van der Waals surface area (Å²) in [6.07, 6.45) is -4.89. The first-order valence-corrected chi connectivity index (χ1v) is 5.30. The molecule has 108 valence electrons. The third-order valence-corrected chi connectivity index (χ3v) is 2.56. The lowest BCUT2D eigenvalue weighted by Gasteiger charge is -2.26. The number of rotatable bonds is 4. The van der Waals surface area contributed by atoms with Crippen molar-refractivity contribution in [3.63, 3.8) is 0 Å². The van der Waals surface area contributed by atoms with E-state index in [0.717, 1.165) is 12.1 Å². The van der Waals surface area contributed by atoms with Crippen LogP contribution in [0.2, 0.25) is 0 Å². The number of nitro benzene ring substituents is 1. The van der Waals surface area contributed by atoms with E-state index in [-0.39, 0.29) is 11.3 Å². The molecule has 0 saturated heterocycles. The van der Waals surface area contributed by atoms with Crippen LogP contribution in [0.15, 0.2) is 18.2 Å². The lowest BCUT2D eigenvalue weighted by Crippen LogP contribution is -2.47. The van der Waals surface area contributed by atoms with Gasteiger partial charge in [0.2, 0.25) is 0 Å². The number of halogens is 3. The Kier molecular flexibility index (Phi) is 4.20. The van der Waals surface area contributed by atoms with Crippen LogP contribution in [0.25, 0.3) is 0 Å². The molecule has 1 rings (SSSR count). The number of hydrogen-bond acceptors (Lipinski definition) is 5. The second-order valence-corrected chi connectivity index (χ2v) is 4.23. The Morgan fingerprint density at radius 2 is 2.10 bits per heavy atom. The standard InChI is InChI=1S/C11H10F3N3O3/c1-10(18,11(12,13)14)6-16-8-4-7(5-15)2-3-9(8)17(19)20/h2-4,16,18H,6H2,1H3/t10-/m0/s1. The molecule has 0 aliphatic carbocycles. The summed E-state index contributed by atoms with van der Waals surface area (Å²) in [5.74, 6) is 0. The number of nitriles is 1. The molecular weight excluding hydrogens is 279 g/mol.